The number of hydrogen-bond donors (Lipinski definition) is 0. The molecular formula is C12H20O4. The maximum Gasteiger partial charge on any atom is 0.320 e. The van der Waals surface area contributed by atoms with Gasteiger partial charge in [-0.3, -0.25) is 9.59 Å². The van der Waals surface area contributed by atoms with E-state index in [1.165, 1.54) is 19.3 Å². The Balaban J connectivity index is 2.04. The summed E-state index contributed by atoms with van der Waals surface area (Å²) in [5.41, 5.74) is 0. The number of ether oxygens (including phenoxy) is 2. The molecule has 0 spiro atoms. The molecule has 0 bridgehead atoms. The van der Waals surface area contributed by atoms with Gasteiger partial charge in [-0.2, -0.15) is 0 Å². The van der Waals surface area contributed by atoms with E-state index >= 15 is 0 Å². The summed E-state index contributed by atoms with van der Waals surface area (Å²) in [5.74, 6) is -1.52. The number of esters is 2. The lowest BCUT2D eigenvalue weighted by Gasteiger charge is -2.06. The molecule has 0 aromatic carbocycles. The van der Waals surface area contributed by atoms with Crippen LogP contribution in [0.1, 0.15) is 45.4 Å². The van der Waals surface area contributed by atoms with Crippen LogP contribution in [0.5, 0.6) is 0 Å². The van der Waals surface area contributed by atoms with Gasteiger partial charge in [-0.25, -0.2) is 0 Å². The van der Waals surface area contributed by atoms with E-state index in [1.54, 1.807) is 0 Å². The van der Waals surface area contributed by atoms with Gasteiger partial charge in [-0.05, 0) is 6.42 Å². The van der Waals surface area contributed by atoms with Gasteiger partial charge < -0.3 is 9.47 Å². The molecule has 4 nitrogen and oxygen atoms in total. The van der Waals surface area contributed by atoms with E-state index in [0.717, 1.165) is 12.8 Å². The van der Waals surface area contributed by atoms with Crippen LogP contribution in [0.25, 0.3) is 0 Å². The molecule has 1 aliphatic rings. The molecule has 1 saturated heterocycles. The monoisotopic (exact) mass is 228 g/mol. The first-order valence-corrected chi connectivity index (χ1v) is 6.09. The minimum absolute atomic E-state index is 0.342. The number of rotatable bonds is 7. The Morgan fingerprint density at radius 2 is 2.12 bits per heavy atom. The summed E-state index contributed by atoms with van der Waals surface area (Å²) in [6.07, 6.45) is 6.04. The van der Waals surface area contributed by atoms with Crippen LogP contribution in [-0.4, -0.2) is 25.2 Å². The number of unbranched alkanes of at least 4 members (excludes halogenated alkanes) is 4. The Bertz CT molecular complexity index is 237. The van der Waals surface area contributed by atoms with E-state index in [-0.39, 0.29) is 0 Å². The smallest absolute Gasteiger partial charge is 0.320 e. The molecule has 1 unspecified atom stereocenters. The van der Waals surface area contributed by atoms with Crippen LogP contribution in [0.2, 0.25) is 0 Å². The van der Waals surface area contributed by atoms with Gasteiger partial charge in [0.2, 0.25) is 0 Å². The molecule has 0 radical (unpaired) electrons. The fourth-order valence-electron chi connectivity index (χ4n) is 1.69. The fraction of sp³-hybridized carbons (Fsp3) is 0.833. The lowest BCUT2D eigenvalue weighted by atomic mass is 10.1. The van der Waals surface area contributed by atoms with E-state index in [9.17, 15) is 9.59 Å². The van der Waals surface area contributed by atoms with Crippen molar-refractivity contribution in [1.29, 1.82) is 0 Å². The van der Waals surface area contributed by atoms with Crippen molar-refractivity contribution in [1.82, 2.24) is 0 Å². The standard InChI is InChI=1S/C12H20O4/c1-2-3-4-5-6-8-15-11(13)10-7-9-16-12(10)14/h10H,2-9H2,1H3. The van der Waals surface area contributed by atoms with Crippen LogP contribution in [0.4, 0.5) is 0 Å². The zero-order valence-corrected chi connectivity index (χ0v) is 9.87. The minimum Gasteiger partial charge on any atom is -0.465 e. The first-order chi connectivity index (χ1) is 7.75. The van der Waals surface area contributed by atoms with E-state index in [4.69, 9.17) is 9.47 Å². The second-order valence-corrected chi connectivity index (χ2v) is 4.09. The summed E-state index contributed by atoms with van der Waals surface area (Å²) in [6.45, 7) is 2.92. The van der Waals surface area contributed by atoms with Crippen LogP contribution in [-0.2, 0) is 19.1 Å². The number of carbonyl (C=O) groups excluding carboxylic acids is 2. The van der Waals surface area contributed by atoms with E-state index < -0.39 is 17.9 Å². The SMILES string of the molecule is CCCCCCCOC(=O)C1CCOC1=O. The van der Waals surface area contributed by atoms with Crippen molar-refractivity contribution in [2.45, 2.75) is 45.4 Å². The highest BCUT2D eigenvalue weighted by Gasteiger charge is 2.34. The van der Waals surface area contributed by atoms with E-state index in [1.807, 2.05) is 0 Å². The molecule has 16 heavy (non-hydrogen) atoms. The summed E-state index contributed by atoms with van der Waals surface area (Å²) in [5, 5.41) is 0. The average Bonchev–Trinajstić information content (AvgIpc) is 2.69. The Hall–Kier alpha value is -1.06. The number of carbonyl (C=O) groups is 2. The maximum absolute atomic E-state index is 11.4. The predicted molar refractivity (Wildman–Crippen MR) is 58.8 cm³/mol. The third-order valence-corrected chi connectivity index (χ3v) is 2.71. The summed E-state index contributed by atoms with van der Waals surface area (Å²) >= 11 is 0. The Morgan fingerprint density at radius 1 is 1.38 bits per heavy atom. The molecule has 0 amide bonds. The van der Waals surface area contributed by atoms with Gasteiger partial charge in [0.05, 0.1) is 13.2 Å². The largest absolute Gasteiger partial charge is 0.465 e. The topological polar surface area (TPSA) is 52.6 Å². The van der Waals surface area contributed by atoms with Crippen molar-refractivity contribution in [2.24, 2.45) is 5.92 Å². The average molecular weight is 228 g/mol. The van der Waals surface area contributed by atoms with Gasteiger partial charge in [0.25, 0.3) is 0 Å². The molecule has 0 aromatic rings. The molecule has 1 heterocycles. The minimum atomic E-state index is -0.671. The Kier molecular flexibility index (Phi) is 5.90. The zero-order valence-electron chi connectivity index (χ0n) is 9.87. The van der Waals surface area contributed by atoms with Crippen LogP contribution in [0.15, 0.2) is 0 Å². The van der Waals surface area contributed by atoms with Crippen molar-refractivity contribution < 1.29 is 19.1 Å². The van der Waals surface area contributed by atoms with Crippen molar-refractivity contribution in [2.75, 3.05) is 13.2 Å². The van der Waals surface area contributed by atoms with Gasteiger partial charge >= 0.3 is 11.9 Å². The first-order valence-electron chi connectivity index (χ1n) is 6.09. The Morgan fingerprint density at radius 3 is 2.75 bits per heavy atom. The molecular weight excluding hydrogens is 208 g/mol. The molecule has 92 valence electrons. The molecule has 0 aromatic heterocycles. The molecule has 1 aliphatic heterocycles. The Labute approximate surface area is 96.3 Å². The van der Waals surface area contributed by atoms with Crippen molar-refractivity contribution in [3.63, 3.8) is 0 Å². The summed E-state index contributed by atoms with van der Waals surface area (Å²) in [4.78, 5) is 22.5. The van der Waals surface area contributed by atoms with Crippen LogP contribution >= 0.6 is 0 Å². The molecule has 0 saturated carbocycles. The molecule has 1 atom stereocenters. The van der Waals surface area contributed by atoms with Crippen molar-refractivity contribution in [3.05, 3.63) is 0 Å². The van der Waals surface area contributed by atoms with Crippen molar-refractivity contribution in [3.8, 4) is 0 Å². The summed E-state index contributed by atoms with van der Waals surface area (Å²) in [6, 6.07) is 0. The second kappa shape index (κ2) is 7.25. The lowest BCUT2D eigenvalue weighted by molar-refractivity contribution is -0.156. The van der Waals surface area contributed by atoms with E-state index in [2.05, 4.69) is 6.92 Å². The van der Waals surface area contributed by atoms with Gasteiger partial charge in [0, 0.05) is 6.42 Å². The molecule has 0 N–H and O–H groups in total. The molecule has 4 heteroatoms. The zero-order chi connectivity index (χ0) is 11.8. The summed E-state index contributed by atoms with van der Waals surface area (Å²) < 4.78 is 9.74. The van der Waals surface area contributed by atoms with Gasteiger partial charge in [0.1, 0.15) is 0 Å². The molecule has 1 rings (SSSR count). The van der Waals surface area contributed by atoms with Gasteiger partial charge in [-0.1, -0.05) is 32.6 Å². The fourth-order valence-corrected chi connectivity index (χ4v) is 1.69. The second-order valence-electron chi connectivity index (χ2n) is 4.09. The quantitative estimate of drug-likeness (QED) is 0.380. The van der Waals surface area contributed by atoms with Crippen molar-refractivity contribution >= 4 is 11.9 Å². The highest BCUT2D eigenvalue weighted by atomic mass is 16.6. The maximum atomic E-state index is 11.4. The van der Waals surface area contributed by atoms with Crippen LogP contribution in [0, 0.1) is 5.92 Å². The lowest BCUT2D eigenvalue weighted by Crippen LogP contribution is -2.22. The highest BCUT2D eigenvalue weighted by Crippen LogP contribution is 2.16. The van der Waals surface area contributed by atoms with Crippen LogP contribution < -0.4 is 0 Å². The van der Waals surface area contributed by atoms with Gasteiger partial charge in [-0.15, -0.1) is 0 Å². The van der Waals surface area contributed by atoms with E-state index in [0.29, 0.717) is 19.6 Å². The molecule has 0 aliphatic carbocycles. The number of cyclic esters (lactones) is 1. The first kappa shape index (κ1) is 13.0. The van der Waals surface area contributed by atoms with Gasteiger partial charge in [0.15, 0.2) is 5.92 Å². The van der Waals surface area contributed by atoms with Crippen LogP contribution in [0.3, 0.4) is 0 Å². The summed E-state index contributed by atoms with van der Waals surface area (Å²) in [7, 11) is 0. The predicted octanol–water partition coefficient (Wildman–Crippen LogP) is 2.06. The third-order valence-electron chi connectivity index (χ3n) is 2.71. The third kappa shape index (κ3) is 4.21. The number of hydrogen-bond acceptors (Lipinski definition) is 4. The normalized spacial score (nSPS) is 19.6. The highest BCUT2D eigenvalue weighted by molar-refractivity contribution is 5.95. The molecule has 1 fully saturated rings.